The van der Waals surface area contributed by atoms with E-state index in [0.717, 1.165) is 36.4 Å². The molecule has 0 spiro atoms. The van der Waals surface area contributed by atoms with E-state index in [0.29, 0.717) is 12.5 Å². The van der Waals surface area contributed by atoms with E-state index in [1.54, 1.807) is 0 Å². The third-order valence-corrected chi connectivity index (χ3v) is 4.90. The van der Waals surface area contributed by atoms with Gasteiger partial charge in [-0.25, -0.2) is 0 Å². The Bertz CT molecular complexity index is 514. The van der Waals surface area contributed by atoms with Crippen LogP contribution in [0.15, 0.2) is 35.8 Å². The van der Waals surface area contributed by atoms with Gasteiger partial charge in [0.1, 0.15) is 5.82 Å². The third kappa shape index (κ3) is 4.73. The standard InChI is InChI=1S/C20H34N2O/c1-9-16(5)21(8)19(13-15(3)4)22-12-11-20(6,7)17(14-22)18(23)10-2/h13-14,16H,3,9-12H2,1-2,4-8H3. The minimum absolute atomic E-state index is 0.0487. The maximum Gasteiger partial charge on any atom is 0.160 e. The van der Waals surface area contributed by atoms with Crippen LogP contribution in [0.4, 0.5) is 0 Å². The Morgan fingerprint density at radius 2 is 2.09 bits per heavy atom. The summed E-state index contributed by atoms with van der Waals surface area (Å²) in [6.07, 6.45) is 6.81. The molecule has 0 radical (unpaired) electrons. The summed E-state index contributed by atoms with van der Waals surface area (Å²) < 4.78 is 0. The highest BCUT2D eigenvalue weighted by Gasteiger charge is 2.33. The summed E-state index contributed by atoms with van der Waals surface area (Å²) >= 11 is 0. The lowest BCUT2D eigenvalue weighted by Gasteiger charge is -2.41. The first-order valence-electron chi connectivity index (χ1n) is 8.76. The molecule has 1 atom stereocenters. The van der Waals surface area contributed by atoms with Crippen molar-refractivity contribution in [2.24, 2.45) is 5.41 Å². The van der Waals surface area contributed by atoms with Crippen molar-refractivity contribution >= 4 is 5.78 Å². The minimum Gasteiger partial charge on any atom is -0.358 e. The Morgan fingerprint density at radius 1 is 1.48 bits per heavy atom. The van der Waals surface area contributed by atoms with Crippen LogP contribution in [0.3, 0.4) is 0 Å². The number of hydrogen-bond donors (Lipinski definition) is 0. The molecule has 23 heavy (non-hydrogen) atoms. The molecule has 0 aliphatic carbocycles. The second kappa shape index (κ2) is 7.85. The Labute approximate surface area is 142 Å². The number of hydrogen-bond acceptors (Lipinski definition) is 3. The Hall–Kier alpha value is -1.51. The van der Waals surface area contributed by atoms with Gasteiger partial charge in [0.15, 0.2) is 5.78 Å². The smallest absolute Gasteiger partial charge is 0.160 e. The van der Waals surface area contributed by atoms with E-state index < -0.39 is 0 Å². The highest BCUT2D eigenvalue weighted by Crippen LogP contribution is 2.37. The molecular weight excluding hydrogens is 284 g/mol. The molecule has 0 saturated carbocycles. The van der Waals surface area contributed by atoms with Crippen molar-refractivity contribution in [3.63, 3.8) is 0 Å². The van der Waals surface area contributed by atoms with Crippen LogP contribution in [0.1, 0.15) is 60.8 Å². The summed E-state index contributed by atoms with van der Waals surface area (Å²) in [4.78, 5) is 16.9. The van der Waals surface area contributed by atoms with Crippen LogP contribution in [0.2, 0.25) is 0 Å². The van der Waals surface area contributed by atoms with Crippen molar-refractivity contribution in [1.82, 2.24) is 9.80 Å². The van der Waals surface area contributed by atoms with Crippen LogP contribution in [-0.4, -0.2) is 35.2 Å². The third-order valence-electron chi connectivity index (χ3n) is 4.90. The van der Waals surface area contributed by atoms with Gasteiger partial charge in [-0.3, -0.25) is 4.79 Å². The van der Waals surface area contributed by atoms with Gasteiger partial charge in [-0.05, 0) is 38.2 Å². The molecule has 0 aromatic carbocycles. The molecule has 0 N–H and O–H groups in total. The molecule has 0 amide bonds. The summed E-state index contributed by atoms with van der Waals surface area (Å²) in [5, 5.41) is 0. The Morgan fingerprint density at radius 3 is 2.57 bits per heavy atom. The van der Waals surface area contributed by atoms with Crippen molar-refractivity contribution < 1.29 is 4.79 Å². The van der Waals surface area contributed by atoms with Crippen LogP contribution >= 0.6 is 0 Å². The molecule has 1 aliphatic heterocycles. The van der Waals surface area contributed by atoms with E-state index in [1.165, 1.54) is 0 Å². The van der Waals surface area contributed by atoms with Crippen molar-refractivity contribution in [3.8, 4) is 0 Å². The fourth-order valence-electron chi connectivity index (χ4n) is 2.86. The van der Waals surface area contributed by atoms with Gasteiger partial charge < -0.3 is 9.80 Å². The van der Waals surface area contributed by atoms with Crippen LogP contribution in [0.25, 0.3) is 0 Å². The SMILES string of the molecule is C=C(C)C=C(N1C=C(C(=O)CC)C(C)(C)CC1)N(C)C(C)CC. The average molecular weight is 319 g/mol. The quantitative estimate of drug-likeness (QED) is 0.634. The number of Topliss-reactive ketones (excluding diaryl/α,β-unsaturated/α-hetero) is 1. The zero-order valence-electron chi connectivity index (χ0n) is 16.1. The fourth-order valence-corrected chi connectivity index (χ4v) is 2.86. The molecule has 0 saturated heterocycles. The van der Waals surface area contributed by atoms with E-state index in [9.17, 15) is 4.79 Å². The van der Waals surface area contributed by atoms with Crippen LogP contribution in [-0.2, 0) is 4.79 Å². The van der Waals surface area contributed by atoms with Crippen molar-refractivity contribution in [1.29, 1.82) is 0 Å². The molecule has 0 bridgehead atoms. The first-order valence-corrected chi connectivity index (χ1v) is 8.76. The zero-order valence-corrected chi connectivity index (χ0v) is 16.1. The van der Waals surface area contributed by atoms with Crippen molar-refractivity contribution in [2.45, 2.75) is 66.8 Å². The maximum absolute atomic E-state index is 12.4. The predicted octanol–water partition coefficient (Wildman–Crippen LogP) is 4.73. The van der Waals surface area contributed by atoms with E-state index in [4.69, 9.17) is 0 Å². The molecule has 0 aromatic rings. The lowest BCUT2D eigenvalue weighted by molar-refractivity contribution is -0.116. The summed E-state index contributed by atoms with van der Waals surface area (Å²) in [6.45, 7) is 17.7. The number of ketones is 1. The molecular formula is C20H34N2O. The van der Waals surface area contributed by atoms with E-state index in [-0.39, 0.29) is 11.2 Å². The predicted molar refractivity (Wildman–Crippen MR) is 98.9 cm³/mol. The Balaban J connectivity index is 3.27. The van der Waals surface area contributed by atoms with Crippen molar-refractivity contribution in [2.75, 3.05) is 13.6 Å². The van der Waals surface area contributed by atoms with Gasteiger partial charge in [-0.1, -0.05) is 39.8 Å². The largest absolute Gasteiger partial charge is 0.358 e. The van der Waals surface area contributed by atoms with Gasteiger partial charge in [-0.2, -0.15) is 0 Å². The number of rotatable bonds is 7. The van der Waals surface area contributed by atoms with Crippen LogP contribution < -0.4 is 0 Å². The molecule has 1 heterocycles. The Kier molecular flexibility index (Phi) is 6.67. The normalized spacial score (nSPS) is 19.2. The molecule has 3 heteroatoms. The van der Waals surface area contributed by atoms with Gasteiger partial charge in [0.2, 0.25) is 0 Å². The van der Waals surface area contributed by atoms with E-state index in [1.807, 2.05) is 13.8 Å². The summed E-state index contributed by atoms with van der Waals surface area (Å²) in [5.41, 5.74) is 1.92. The molecule has 1 unspecified atom stereocenters. The minimum atomic E-state index is -0.0487. The molecule has 1 aliphatic rings. The summed E-state index contributed by atoms with van der Waals surface area (Å²) in [7, 11) is 2.12. The highest BCUT2D eigenvalue weighted by molar-refractivity contribution is 5.96. The number of carbonyl (C=O) groups excluding carboxylic acids is 1. The van der Waals surface area contributed by atoms with Gasteiger partial charge in [0, 0.05) is 37.8 Å². The fraction of sp³-hybridized carbons (Fsp3) is 0.650. The zero-order chi connectivity index (χ0) is 17.8. The number of carbonyl (C=O) groups is 1. The maximum atomic E-state index is 12.4. The lowest BCUT2D eigenvalue weighted by Crippen LogP contribution is -2.41. The molecule has 3 nitrogen and oxygen atoms in total. The van der Waals surface area contributed by atoms with E-state index in [2.05, 4.69) is 63.4 Å². The topological polar surface area (TPSA) is 23.6 Å². The highest BCUT2D eigenvalue weighted by atomic mass is 16.1. The lowest BCUT2D eigenvalue weighted by atomic mass is 9.77. The second-order valence-corrected chi connectivity index (χ2v) is 7.36. The molecule has 0 aromatic heterocycles. The number of allylic oxidation sites excluding steroid dienone is 3. The van der Waals surface area contributed by atoms with Gasteiger partial charge in [-0.15, -0.1) is 0 Å². The molecule has 130 valence electrons. The van der Waals surface area contributed by atoms with Gasteiger partial charge >= 0.3 is 0 Å². The second-order valence-electron chi connectivity index (χ2n) is 7.36. The monoisotopic (exact) mass is 318 g/mol. The van der Waals surface area contributed by atoms with E-state index >= 15 is 0 Å². The van der Waals surface area contributed by atoms with Gasteiger partial charge in [0.25, 0.3) is 0 Å². The summed E-state index contributed by atoms with van der Waals surface area (Å²) in [5.74, 6) is 1.38. The number of nitrogens with zero attached hydrogens (tertiary/aromatic N) is 2. The van der Waals surface area contributed by atoms with Gasteiger partial charge in [0.05, 0.1) is 0 Å². The molecule has 0 fully saturated rings. The van der Waals surface area contributed by atoms with Crippen molar-refractivity contribution in [3.05, 3.63) is 35.8 Å². The summed E-state index contributed by atoms with van der Waals surface area (Å²) in [6, 6.07) is 0.439. The average Bonchev–Trinajstić information content (AvgIpc) is 2.50. The first-order chi connectivity index (χ1) is 10.6. The first kappa shape index (κ1) is 19.5. The molecule has 1 rings (SSSR count). The van der Waals surface area contributed by atoms with Crippen LogP contribution in [0.5, 0.6) is 0 Å². The van der Waals surface area contributed by atoms with Crippen LogP contribution in [0, 0.1) is 5.41 Å².